The fraction of sp³-hybridized carbons (Fsp3) is 0.444. The molecule has 3 N–H and O–H groups in total. The van der Waals surface area contributed by atoms with Gasteiger partial charge in [-0.05, 0) is 13.8 Å². The SMILES string of the molecule is Cc1csc(C(C)NC(=O)NOCC(=O)O)n1. The predicted octanol–water partition coefficient (Wildman–Crippen LogP) is 0.828. The van der Waals surface area contributed by atoms with Crippen molar-refractivity contribution in [3.05, 3.63) is 16.1 Å². The number of aromatic nitrogens is 1. The highest BCUT2D eigenvalue weighted by molar-refractivity contribution is 7.09. The van der Waals surface area contributed by atoms with Gasteiger partial charge in [-0.15, -0.1) is 11.3 Å². The number of hydrogen-bond donors (Lipinski definition) is 3. The van der Waals surface area contributed by atoms with Crippen LogP contribution < -0.4 is 10.8 Å². The third-order valence-electron chi connectivity index (χ3n) is 1.72. The Balaban J connectivity index is 2.33. The van der Waals surface area contributed by atoms with E-state index in [-0.39, 0.29) is 6.04 Å². The van der Waals surface area contributed by atoms with E-state index in [1.807, 2.05) is 17.8 Å². The number of aliphatic carboxylic acids is 1. The first-order valence-electron chi connectivity index (χ1n) is 4.81. The molecule has 1 rings (SSSR count). The maximum Gasteiger partial charge on any atom is 0.339 e. The minimum atomic E-state index is -1.16. The fourth-order valence-corrected chi connectivity index (χ4v) is 1.83. The molecule has 1 aromatic rings. The Kier molecular flexibility index (Phi) is 4.85. The molecule has 1 heterocycles. The molecule has 0 aromatic carbocycles. The summed E-state index contributed by atoms with van der Waals surface area (Å²) >= 11 is 1.44. The van der Waals surface area contributed by atoms with Crippen molar-refractivity contribution in [3.63, 3.8) is 0 Å². The molecule has 1 unspecified atom stereocenters. The Morgan fingerprint density at radius 3 is 2.88 bits per heavy atom. The monoisotopic (exact) mass is 259 g/mol. The van der Waals surface area contributed by atoms with Crippen molar-refractivity contribution >= 4 is 23.3 Å². The van der Waals surface area contributed by atoms with E-state index in [0.29, 0.717) is 0 Å². The molecule has 0 radical (unpaired) electrons. The molecule has 0 aliphatic carbocycles. The average molecular weight is 259 g/mol. The summed E-state index contributed by atoms with van der Waals surface area (Å²) in [6.07, 6.45) is 0. The van der Waals surface area contributed by atoms with Crippen molar-refractivity contribution in [1.82, 2.24) is 15.8 Å². The van der Waals surface area contributed by atoms with Crippen molar-refractivity contribution in [2.75, 3.05) is 6.61 Å². The van der Waals surface area contributed by atoms with Crippen LogP contribution in [0, 0.1) is 6.92 Å². The van der Waals surface area contributed by atoms with Crippen molar-refractivity contribution in [1.29, 1.82) is 0 Å². The standard InChI is InChI=1S/C9H13N3O4S/c1-5-4-17-8(10-5)6(2)11-9(15)12-16-3-7(13)14/h4,6H,3H2,1-2H3,(H,13,14)(H2,11,12,15). The zero-order chi connectivity index (χ0) is 12.8. The Labute approximate surface area is 102 Å². The average Bonchev–Trinajstić information content (AvgIpc) is 2.64. The molecule has 0 aliphatic heterocycles. The summed E-state index contributed by atoms with van der Waals surface area (Å²) in [5.41, 5.74) is 2.86. The summed E-state index contributed by atoms with van der Waals surface area (Å²) in [6, 6.07) is -0.867. The largest absolute Gasteiger partial charge is 0.479 e. The first kappa shape index (κ1) is 13.4. The van der Waals surface area contributed by atoms with Crippen LogP contribution >= 0.6 is 11.3 Å². The summed E-state index contributed by atoms with van der Waals surface area (Å²) in [6.45, 7) is 3.05. The predicted molar refractivity (Wildman–Crippen MR) is 60.5 cm³/mol. The van der Waals surface area contributed by atoms with Crippen LogP contribution in [0.4, 0.5) is 4.79 Å². The Hall–Kier alpha value is -1.67. The second-order valence-electron chi connectivity index (χ2n) is 3.31. The number of nitrogens with one attached hydrogen (secondary N) is 2. The van der Waals surface area contributed by atoms with E-state index in [2.05, 4.69) is 15.1 Å². The molecule has 2 amide bonds. The third-order valence-corrected chi connectivity index (χ3v) is 2.86. The number of carboxylic acid groups (broad SMARTS) is 1. The van der Waals surface area contributed by atoms with Gasteiger partial charge in [0.15, 0.2) is 6.61 Å². The number of carboxylic acids is 1. The van der Waals surface area contributed by atoms with Crippen LogP contribution in [0.2, 0.25) is 0 Å². The number of amides is 2. The highest BCUT2D eigenvalue weighted by Gasteiger charge is 2.12. The van der Waals surface area contributed by atoms with E-state index in [4.69, 9.17) is 5.11 Å². The number of carbonyl (C=O) groups is 2. The molecule has 0 aliphatic rings. The molecule has 0 saturated carbocycles. The Morgan fingerprint density at radius 1 is 1.65 bits per heavy atom. The molecule has 17 heavy (non-hydrogen) atoms. The van der Waals surface area contributed by atoms with Crippen LogP contribution in [0.3, 0.4) is 0 Å². The van der Waals surface area contributed by atoms with Gasteiger partial charge in [0.2, 0.25) is 0 Å². The van der Waals surface area contributed by atoms with Gasteiger partial charge in [0.25, 0.3) is 0 Å². The van der Waals surface area contributed by atoms with Gasteiger partial charge in [0.05, 0.1) is 6.04 Å². The van der Waals surface area contributed by atoms with E-state index in [9.17, 15) is 9.59 Å². The topological polar surface area (TPSA) is 101 Å². The number of carbonyl (C=O) groups excluding carboxylic acids is 1. The Morgan fingerprint density at radius 2 is 2.35 bits per heavy atom. The first-order chi connectivity index (χ1) is 7.99. The van der Waals surface area contributed by atoms with E-state index in [1.165, 1.54) is 11.3 Å². The molecule has 1 aromatic heterocycles. The normalized spacial score (nSPS) is 11.9. The number of hydrogen-bond acceptors (Lipinski definition) is 5. The van der Waals surface area contributed by atoms with Gasteiger partial charge in [-0.25, -0.2) is 20.1 Å². The van der Waals surface area contributed by atoms with Gasteiger partial charge >= 0.3 is 12.0 Å². The molecule has 0 spiro atoms. The highest BCUT2D eigenvalue weighted by atomic mass is 32.1. The van der Waals surface area contributed by atoms with Crippen LogP contribution in [-0.4, -0.2) is 28.7 Å². The summed E-state index contributed by atoms with van der Waals surface area (Å²) < 4.78 is 0. The number of nitrogens with zero attached hydrogens (tertiary/aromatic N) is 1. The number of hydroxylamine groups is 1. The van der Waals surface area contributed by atoms with Crippen molar-refractivity contribution in [2.24, 2.45) is 0 Å². The number of urea groups is 1. The second kappa shape index (κ2) is 6.16. The third kappa shape index (κ3) is 4.79. The summed E-state index contributed by atoms with van der Waals surface area (Å²) in [4.78, 5) is 30.0. The van der Waals surface area contributed by atoms with Gasteiger partial charge < -0.3 is 10.4 Å². The molecule has 94 valence electrons. The maximum atomic E-state index is 11.3. The lowest BCUT2D eigenvalue weighted by Gasteiger charge is -2.11. The summed E-state index contributed by atoms with van der Waals surface area (Å²) in [5, 5.41) is 13.5. The van der Waals surface area contributed by atoms with Crippen LogP contribution in [-0.2, 0) is 9.63 Å². The minimum absolute atomic E-state index is 0.262. The summed E-state index contributed by atoms with van der Waals surface area (Å²) in [7, 11) is 0. The van der Waals surface area contributed by atoms with E-state index >= 15 is 0 Å². The molecule has 0 fully saturated rings. The van der Waals surface area contributed by atoms with Crippen LogP contribution in [0.5, 0.6) is 0 Å². The zero-order valence-corrected chi connectivity index (χ0v) is 10.2. The van der Waals surface area contributed by atoms with Crippen LogP contribution in [0.1, 0.15) is 23.7 Å². The quantitative estimate of drug-likeness (QED) is 0.680. The number of thiazole rings is 1. The summed E-state index contributed by atoms with van der Waals surface area (Å²) in [5.74, 6) is -1.16. The van der Waals surface area contributed by atoms with E-state index in [1.54, 1.807) is 6.92 Å². The van der Waals surface area contributed by atoms with Gasteiger partial charge in [-0.2, -0.15) is 0 Å². The first-order valence-corrected chi connectivity index (χ1v) is 5.69. The highest BCUT2D eigenvalue weighted by Crippen LogP contribution is 2.16. The lowest BCUT2D eigenvalue weighted by molar-refractivity contribution is -0.144. The lowest BCUT2D eigenvalue weighted by Crippen LogP contribution is -2.37. The fourth-order valence-electron chi connectivity index (χ4n) is 1.02. The van der Waals surface area contributed by atoms with Crippen molar-refractivity contribution < 1.29 is 19.5 Å². The smallest absolute Gasteiger partial charge is 0.339 e. The molecule has 0 bridgehead atoms. The molecular formula is C9H13N3O4S. The molecule has 7 nitrogen and oxygen atoms in total. The lowest BCUT2D eigenvalue weighted by atomic mass is 10.3. The number of aryl methyl sites for hydroxylation is 1. The molecular weight excluding hydrogens is 246 g/mol. The van der Waals surface area contributed by atoms with Crippen molar-refractivity contribution in [3.8, 4) is 0 Å². The van der Waals surface area contributed by atoms with Crippen molar-refractivity contribution in [2.45, 2.75) is 19.9 Å². The van der Waals surface area contributed by atoms with Gasteiger partial charge in [0.1, 0.15) is 5.01 Å². The molecule has 8 heteroatoms. The van der Waals surface area contributed by atoms with Crippen LogP contribution in [0.15, 0.2) is 5.38 Å². The molecule has 0 saturated heterocycles. The van der Waals surface area contributed by atoms with Gasteiger partial charge in [-0.3, -0.25) is 4.84 Å². The maximum absolute atomic E-state index is 11.3. The van der Waals surface area contributed by atoms with Gasteiger partial charge in [-0.1, -0.05) is 0 Å². The minimum Gasteiger partial charge on any atom is -0.479 e. The van der Waals surface area contributed by atoms with E-state index in [0.717, 1.165) is 10.7 Å². The van der Waals surface area contributed by atoms with Gasteiger partial charge in [0, 0.05) is 11.1 Å². The Bertz CT molecular complexity index is 407. The second-order valence-corrected chi connectivity index (χ2v) is 4.20. The van der Waals surface area contributed by atoms with E-state index < -0.39 is 18.6 Å². The number of rotatable bonds is 5. The zero-order valence-electron chi connectivity index (χ0n) is 9.39. The van der Waals surface area contributed by atoms with Crippen LogP contribution in [0.25, 0.3) is 0 Å². The molecule has 1 atom stereocenters.